The van der Waals surface area contributed by atoms with Crippen molar-refractivity contribution >= 4 is 17.9 Å². The number of unbranched alkanes of at least 4 members (excludes halogenated alkanes) is 47. The van der Waals surface area contributed by atoms with Gasteiger partial charge in [-0.05, 0) is 103 Å². The van der Waals surface area contributed by atoms with E-state index in [1.54, 1.807) is 0 Å². The monoisotopic (exact) mass is 1120 g/mol. The summed E-state index contributed by atoms with van der Waals surface area (Å²) in [5.74, 6) is -0.860. The minimum Gasteiger partial charge on any atom is -0.462 e. The lowest BCUT2D eigenvalue weighted by Gasteiger charge is -2.18. The average Bonchev–Trinajstić information content (AvgIpc) is 3.46. The van der Waals surface area contributed by atoms with Crippen LogP contribution in [0.1, 0.15) is 387 Å². The first-order valence-electron chi connectivity index (χ1n) is 35.6. The summed E-state index contributed by atoms with van der Waals surface area (Å²) in [6.45, 7) is 6.66. The summed E-state index contributed by atoms with van der Waals surface area (Å²) in [7, 11) is 0. The van der Waals surface area contributed by atoms with Crippen LogP contribution in [0.4, 0.5) is 0 Å². The molecule has 0 aromatic carbocycles. The van der Waals surface area contributed by atoms with Crippen molar-refractivity contribution < 1.29 is 28.6 Å². The van der Waals surface area contributed by atoms with Crippen molar-refractivity contribution in [1.29, 1.82) is 0 Å². The van der Waals surface area contributed by atoms with Crippen LogP contribution in [0.25, 0.3) is 0 Å². The van der Waals surface area contributed by atoms with E-state index in [4.69, 9.17) is 14.2 Å². The lowest BCUT2D eigenvalue weighted by molar-refractivity contribution is -0.167. The topological polar surface area (TPSA) is 78.9 Å². The Kier molecular flexibility index (Phi) is 66.6. The van der Waals surface area contributed by atoms with Crippen LogP contribution in [0.15, 0.2) is 48.6 Å². The standard InChI is InChI=1S/C74H136O6/c1-4-7-10-13-16-19-22-25-27-29-31-33-34-35-36-37-38-39-40-42-43-45-47-49-52-55-58-61-64-67-73(76)79-70-71(69-78-72(75)66-63-60-57-54-51-24-21-18-15-12-9-6-3)80-74(77)68-65-62-59-56-53-50-48-46-44-41-32-30-28-26-23-20-17-14-11-8-5-2/h18,21-22,25,29-32,71H,4-17,19-20,23-24,26-28,33-70H2,1-3H3/b21-18-,25-22-,31-29-,32-30-. The number of esters is 3. The number of hydrogen-bond donors (Lipinski definition) is 0. The molecule has 0 saturated carbocycles. The van der Waals surface area contributed by atoms with Crippen molar-refractivity contribution in [2.45, 2.75) is 393 Å². The molecule has 0 aliphatic rings. The van der Waals surface area contributed by atoms with E-state index in [1.165, 1.54) is 276 Å². The Morgan fingerprint density at radius 1 is 0.250 bits per heavy atom. The fraction of sp³-hybridized carbons (Fsp3) is 0.851. The Morgan fingerprint density at radius 3 is 0.725 bits per heavy atom. The van der Waals surface area contributed by atoms with Crippen LogP contribution in [0.5, 0.6) is 0 Å². The van der Waals surface area contributed by atoms with E-state index >= 15 is 0 Å². The van der Waals surface area contributed by atoms with Crippen LogP contribution < -0.4 is 0 Å². The minimum atomic E-state index is -0.777. The molecule has 0 aromatic rings. The molecule has 0 spiro atoms. The van der Waals surface area contributed by atoms with Crippen LogP contribution in [0.2, 0.25) is 0 Å². The highest BCUT2D eigenvalue weighted by atomic mass is 16.6. The Bertz CT molecular complexity index is 1380. The molecule has 6 nitrogen and oxygen atoms in total. The van der Waals surface area contributed by atoms with E-state index in [0.29, 0.717) is 19.3 Å². The van der Waals surface area contributed by atoms with Gasteiger partial charge < -0.3 is 14.2 Å². The molecule has 0 heterocycles. The second kappa shape index (κ2) is 68.9. The fourth-order valence-electron chi connectivity index (χ4n) is 10.6. The van der Waals surface area contributed by atoms with Crippen LogP contribution in [-0.2, 0) is 28.6 Å². The van der Waals surface area contributed by atoms with Crippen LogP contribution in [0, 0.1) is 0 Å². The highest BCUT2D eigenvalue weighted by molar-refractivity contribution is 5.71. The molecule has 1 atom stereocenters. The van der Waals surface area contributed by atoms with Gasteiger partial charge in [-0.1, -0.05) is 313 Å². The molecule has 1 unspecified atom stereocenters. The molecule has 0 N–H and O–H groups in total. The van der Waals surface area contributed by atoms with E-state index in [0.717, 1.165) is 70.6 Å². The average molecular weight is 1120 g/mol. The number of ether oxygens (including phenoxy) is 3. The van der Waals surface area contributed by atoms with Crippen LogP contribution >= 0.6 is 0 Å². The Hall–Kier alpha value is -2.63. The molecule has 0 amide bonds. The van der Waals surface area contributed by atoms with Crippen molar-refractivity contribution in [3.63, 3.8) is 0 Å². The predicted molar refractivity (Wildman–Crippen MR) is 349 cm³/mol. The largest absolute Gasteiger partial charge is 0.462 e. The number of hydrogen-bond acceptors (Lipinski definition) is 6. The predicted octanol–water partition coefficient (Wildman–Crippen LogP) is 24.5. The normalized spacial score (nSPS) is 12.3. The zero-order valence-electron chi connectivity index (χ0n) is 53.9. The maximum atomic E-state index is 12.9. The third kappa shape index (κ3) is 66.2. The first kappa shape index (κ1) is 77.4. The van der Waals surface area contributed by atoms with Gasteiger partial charge in [0.1, 0.15) is 13.2 Å². The Labute approximate surface area is 498 Å². The van der Waals surface area contributed by atoms with E-state index in [-0.39, 0.29) is 31.1 Å². The molecular formula is C74H136O6. The van der Waals surface area contributed by atoms with Crippen molar-refractivity contribution in [1.82, 2.24) is 0 Å². The second-order valence-corrected chi connectivity index (χ2v) is 24.1. The second-order valence-electron chi connectivity index (χ2n) is 24.1. The molecular weight excluding hydrogens is 985 g/mol. The first-order chi connectivity index (χ1) is 39.5. The maximum absolute atomic E-state index is 12.9. The summed E-state index contributed by atoms with van der Waals surface area (Å²) < 4.78 is 17.0. The molecule has 0 aliphatic carbocycles. The summed E-state index contributed by atoms with van der Waals surface area (Å²) in [5.41, 5.74) is 0. The SMILES string of the molecule is CCCCC/C=C\CCCCCCCC(=O)OCC(COC(=O)CCCCCCCCCCCCCCCCCCC/C=C\C/C=C\CCCCCCC)OC(=O)CCCCCCCCCCC/C=C\CCCCCCCCCC. The van der Waals surface area contributed by atoms with Gasteiger partial charge >= 0.3 is 17.9 Å². The molecule has 468 valence electrons. The van der Waals surface area contributed by atoms with Crippen LogP contribution in [0.3, 0.4) is 0 Å². The molecule has 0 saturated heterocycles. The third-order valence-corrected chi connectivity index (χ3v) is 16.0. The molecule has 0 fully saturated rings. The van der Waals surface area contributed by atoms with Crippen LogP contribution in [-0.4, -0.2) is 37.2 Å². The summed E-state index contributed by atoms with van der Waals surface area (Å²) in [5, 5.41) is 0. The van der Waals surface area contributed by atoms with Gasteiger partial charge in [-0.2, -0.15) is 0 Å². The molecule has 0 aromatic heterocycles. The van der Waals surface area contributed by atoms with E-state index < -0.39 is 6.10 Å². The van der Waals surface area contributed by atoms with Gasteiger partial charge in [-0.3, -0.25) is 14.4 Å². The number of carbonyl (C=O) groups is 3. The molecule has 0 aliphatic heterocycles. The van der Waals surface area contributed by atoms with E-state index in [1.807, 2.05) is 0 Å². The summed E-state index contributed by atoms with van der Waals surface area (Å²) in [4.78, 5) is 38.4. The van der Waals surface area contributed by atoms with Gasteiger partial charge in [0, 0.05) is 19.3 Å². The van der Waals surface area contributed by atoms with Gasteiger partial charge in [0.15, 0.2) is 6.10 Å². The number of allylic oxidation sites excluding steroid dienone is 8. The zero-order valence-corrected chi connectivity index (χ0v) is 53.9. The maximum Gasteiger partial charge on any atom is 0.306 e. The Morgan fingerprint density at radius 2 is 0.450 bits per heavy atom. The van der Waals surface area contributed by atoms with Crippen molar-refractivity contribution in [2.75, 3.05) is 13.2 Å². The smallest absolute Gasteiger partial charge is 0.306 e. The fourth-order valence-corrected chi connectivity index (χ4v) is 10.6. The first-order valence-corrected chi connectivity index (χ1v) is 35.6. The van der Waals surface area contributed by atoms with Gasteiger partial charge in [0.25, 0.3) is 0 Å². The number of rotatable bonds is 66. The van der Waals surface area contributed by atoms with E-state index in [9.17, 15) is 14.4 Å². The van der Waals surface area contributed by atoms with Crippen molar-refractivity contribution in [2.24, 2.45) is 0 Å². The minimum absolute atomic E-state index is 0.0726. The molecule has 0 radical (unpaired) electrons. The van der Waals surface area contributed by atoms with Gasteiger partial charge in [-0.15, -0.1) is 0 Å². The summed E-state index contributed by atoms with van der Waals surface area (Å²) >= 11 is 0. The molecule has 0 rings (SSSR count). The van der Waals surface area contributed by atoms with E-state index in [2.05, 4.69) is 69.4 Å². The highest BCUT2D eigenvalue weighted by Crippen LogP contribution is 2.18. The van der Waals surface area contributed by atoms with Gasteiger partial charge in [0.05, 0.1) is 0 Å². The molecule has 0 bridgehead atoms. The molecule has 6 heteroatoms. The quantitative estimate of drug-likeness (QED) is 0.0261. The lowest BCUT2D eigenvalue weighted by Crippen LogP contribution is -2.30. The van der Waals surface area contributed by atoms with Crippen molar-refractivity contribution in [3.8, 4) is 0 Å². The zero-order chi connectivity index (χ0) is 57.8. The lowest BCUT2D eigenvalue weighted by atomic mass is 10.0. The summed E-state index contributed by atoms with van der Waals surface area (Å²) in [6, 6.07) is 0. The Balaban J connectivity index is 4.19. The number of carbonyl (C=O) groups excluding carboxylic acids is 3. The molecule has 80 heavy (non-hydrogen) atoms. The van der Waals surface area contributed by atoms with Gasteiger partial charge in [0.2, 0.25) is 0 Å². The van der Waals surface area contributed by atoms with Crippen molar-refractivity contribution in [3.05, 3.63) is 48.6 Å². The third-order valence-electron chi connectivity index (χ3n) is 16.0. The highest BCUT2D eigenvalue weighted by Gasteiger charge is 2.19. The summed E-state index contributed by atoms with van der Waals surface area (Å²) in [6.07, 6.45) is 87.2. The van der Waals surface area contributed by atoms with Gasteiger partial charge in [-0.25, -0.2) is 0 Å².